The number of benzene rings is 1. The van der Waals surface area contributed by atoms with Crippen LogP contribution in [0.25, 0.3) is 11.0 Å². The molecular formula is C19H23N5O2. The number of nitrogens with zero attached hydrogens (tertiary/aromatic N) is 3. The summed E-state index contributed by atoms with van der Waals surface area (Å²) < 4.78 is 7.29. The smallest absolute Gasteiger partial charge is 0.277 e. The highest BCUT2D eigenvalue weighted by atomic mass is 16.3. The summed E-state index contributed by atoms with van der Waals surface area (Å²) in [5.74, 6) is 0.588. The third-order valence-electron chi connectivity index (χ3n) is 4.79. The summed E-state index contributed by atoms with van der Waals surface area (Å²) >= 11 is 0. The van der Waals surface area contributed by atoms with Gasteiger partial charge in [-0.1, -0.05) is 11.6 Å². The van der Waals surface area contributed by atoms with Crippen LogP contribution in [-0.2, 0) is 6.54 Å². The van der Waals surface area contributed by atoms with Crippen molar-refractivity contribution in [2.24, 2.45) is 0 Å². The highest BCUT2D eigenvalue weighted by molar-refractivity contribution is 6.03. The van der Waals surface area contributed by atoms with E-state index < -0.39 is 0 Å². The second-order valence-corrected chi connectivity index (χ2v) is 6.87. The van der Waals surface area contributed by atoms with Crippen molar-refractivity contribution in [3.8, 4) is 0 Å². The Morgan fingerprint density at radius 1 is 1.38 bits per heavy atom. The van der Waals surface area contributed by atoms with Gasteiger partial charge in [0, 0.05) is 23.7 Å². The van der Waals surface area contributed by atoms with Crippen LogP contribution in [0.5, 0.6) is 0 Å². The number of aromatic nitrogens is 3. The zero-order valence-corrected chi connectivity index (χ0v) is 14.9. The molecule has 1 fully saturated rings. The predicted molar refractivity (Wildman–Crippen MR) is 99.2 cm³/mol. The van der Waals surface area contributed by atoms with Crippen molar-refractivity contribution < 1.29 is 9.21 Å². The van der Waals surface area contributed by atoms with E-state index in [0.717, 1.165) is 36.2 Å². The first-order valence-electron chi connectivity index (χ1n) is 9.12. The molecule has 1 saturated heterocycles. The van der Waals surface area contributed by atoms with Crippen LogP contribution in [0.3, 0.4) is 0 Å². The summed E-state index contributed by atoms with van der Waals surface area (Å²) in [5.41, 5.74) is 1.84. The summed E-state index contributed by atoms with van der Waals surface area (Å²) in [5, 5.41) is 15.4. The largest absolute Gasteiger partial charge is 0.461 e. The molecule has 0 bridgehead atoms. The maximum atomic E-state index is 12.4. The van der Waals surface area contributed by atoms with Crippen LogP contribution < -0.4 is 10.6 Å². The Kier molecular flexibility index (Phi) is 4.71. The third-order valence-corrected chi connectivity index (χ3v) is 4.79. The van der Waals surface area contributed by atoms with Gasteiger partial charge in [0.25, 0.3) is 5.91 Å². The van der Waals surface area contributed by atoms with Crippen LogP contribution in [-0.4, -0.2) is 33.5 Å². The quantitative estimate of drug-likeness (QED) is 0.736. The zero-order valence-electron chi connectivity index (χ0n) is 14.9. The highest BCUT2D eigenvalue weighted by Gasteiger charge is 2.15. The van der Waals surface area contributed by atoms with E-state index in [9.17, 15) is 4.79 Å². The van der Waals surface area contributed by atoms with Gasteiger partial charge in [0.2, 0.25) is 0 Å². The van der Waals surface area contributed by atoms with Gasteiger partial charge in [0.15, 0.2) is 5.69 Å². The summed E-state index contributed by atoms with van der Waals surface area (Å²) in [4.78, 5) is 12.4. The molecule has 1 aromatic carbocycles. The van der Waals surface area contributed by atoms with Crippen molar-refractivity contribution in [2.75, 3.05) is 11.9 Å². The summed E-state index contributed by atoms with van der Waals surface area (Å²) in [7, 11) is 0. The summed E-state index contributed by atoms with van der Waals surface area (Å²) in [6, 6.07) is 8.05. The van der Waals surface area contributed by atoms with E-state index >= 15 is 0 Å². The Labute approximate surface area is 151 Å². The molecule has 2 N–H and O–H groups in total. The van der Waals surface area contributed by atoms with Crippen LogP contribution in [0.1, 0.15) is 41.9 Å². The monoisotopic (exact) mass is 353 g/mol. The minimum Gasteiger partial charge on any atom is -0.461 e. The average Bonchev–Trinajstić information content (AvgIpc) is 3.26. The number of carbonyl (C=O) groups excluding carboxylic acids is 1. The van der Waals surface area contributed by atoms with Crippen molar-refractivity contribution in [3.63, 3.8) is 0 Å². The molecule has 0 aliphatic carbocycles. The van der Waals surface area contributed by atoms with E-state index in [4.69, 9.17) is 4.42 Å². The first kappa shape index (κ1) is 16.8. The molecule has 3 aromatic rings. The van der Waals surface area contributed by atoms with E-state index in [1.165, 1.54) is 19.3 Å². The Hall–Kier alpha value is -2.67. The molecule has 0 saturated carbocycles. The lowest BCUT2D eigenvalue weighted by Crippen LogP contribution is -2.34. The molecule has 1 aliphatic rings. The first-order chi connectivity index (χ1) is 12.7. The van der Waals surface area contributed by atoms with Gasteiger partial charge in [-0.2, -0.15) is 0 Å². The SMILES string of the molecule is Cc1cc2cc(NC(=O)c3cn(CCC4CCCCN4)nn3)ccc2o1. The van der Waals surface area contributed by atoms with Crippen LogP contribution >= 0.6 is 0 Å². The normalized spacial score (nSPS) is 17.5. The fourth-order valence-corrected chi connectivity index (χ4v) is 3.42. The maximum Gasteiger partial charge on any atom is 0.277 e. The van der Waals surface area contributed by atoms with Crippen LogP contribution in [0.15, 0.2) is 34.9 Å². The van der Waals surface area contributed by atoms with E-state index in [1.54, 1.807) is 10.9 Å². The highest BCUT2D eigenvalue weighted by Crippen LogP contribution is 2.22. The molecule has 4 rings (SSSR count). The average molecular weight is 353 g/mol. The first-order valence-corrected chi connectivity index (χ1v) is 9.12. The molecule has 0 spiro atoms. The molecule has 1 atom stereocenters. The van der Waals surface area contributed by atoms with E-state index in [2.05, 4.69) is 20.9 Å². The Bertz CT molecular complexity index is 908. The second-order valence-electron chi connectivity index (χ2n) is 6.87. The van der Waals surface area contributed by atoms with E-state index in [0.29, 0.717) is 17.4 Å². The lowest BCUT2D eigenvalue weighted by molar-refractivity contribution is 0.102. The molecule has 3 heterocycles. The van der Waals surface area contributed by atoms with Gasteiger partial charge in [-0.3, -0.25) is 9.48 Å². The lowest BCUT2D eigenvalue weighted by atomic mass is 10.0. The Morgan fingerprint density at radius 3 is 3.15 bits per heavy atom. The number of anilines is 1. The van der Waals surface area contributed by atoms with Gasteiger partial charge in [0.1, 0.15) is 11.3 Å². The zero-order chi connectivity index (χ0) is 17.9. The number of hydrogen-bond acceptors (Lipinski definition) is 5. The molecular weight excluding hydrogens is 330 g/mol. The van der Waals surface area contributed by atoms with E-state index in [-0.39, 0.29) is 5.91 Å². The second kappa shape index (κ2) is 7.29. The van der Waals surface area contributed by atoms with Crippen molar-refractivity contribution in [1.29, 1.82) is 0 Å². The van der Waals surface area contributed by atoms with Crippen molar-refractivity contribution in [3.05, 3.63) is 41.9 Å². The van der Waals surface area contributed by atoms with Gasteiger partial charge in [-0.15, -0.1) is 5.10 Å². The molecule has 1 unspecified atom stereocenters. The number of aryl methyl sites for hydroxylation is 2. The minimum absolute atomic E-state index is 0.258. The molecule has 2 aromatic heterocycles. The molecule has 1 aliphatic heterocycles. The number of hydrogen-bond donors (Lipinski definition) is 2. The fourth-order valence-electron chi connectivity index (χ4n) is 3.42. The summed E-state index contributed by atoms with van der Waals surface area (Å²) in [6.45, 7) is 3.76. The van der Waals surface area contributed by atoms with Crippen molar-refractivity contribution in [2.45, 2.75) is 45.2 Å². The van der Waals surface area contributed by atoms with Gasteiger partial charge in [-0.25, -0.2) is 0 Å². The fraction of sp³-hybridized carbons (Fsp3) is 0.421. The number of fused-ring (bicyclic) bond motifs is 1. The Morgan fingerprint density at radius 2 is 2.31 bits per heavy atom. The van der Waals surface area contributed by atoms with Crippen molar-refractivity contribution >= 4 is 22.6 Å². The minimum atomic E-state index is -0.258. The lowest BCUT2D eigenvalue weighted by Gasteiger charge is -2.23. The van der Waals surface area contributed by atoms with Gasteiger partial charge in [0.05, 0.1) is 6.20 Å². The van der Waals surface area contributed by atoms with Gasteiger partial charge < -0.3 is 15.1 Å². The number of carbonyl (C=O) groups is 1. The Balaban J connectivity index is 1.37. The molecule has 0 radical (unpaired) electrons. The van der Waals surface area contributed by atoms with E-state index in [1.807, 2.05) is 31.2 Å². The van der Waals surface area contributed by atoms with Gasteiger partial charge in [-0.05, 0) is 57.0 Å². The van der Waals surface area contributed by atoms with Crippen LogP contribution in [0, 0.1) is 6.92 Å². The number of piperidine rings is 1. The van der Waals surface area contributed by atoms with Crippen LogP contribution in [0.4, 0.5) is 5.69 Å². The molecule has 1 amide bonds. The molecule has 7 heteroatoms. The number of furan rings is 1. The van der Waals surface area contributed by atoms with Gasteiger partial charge >= 0.3 is 0 Å². The number of amides is 1. The third kappa shape index (κ3) is 3.77. The predicted octanol–water partition coefficient (Wildman–Crippen LogP) is 3.12. The number of rotatable bonds is 5. The summed E-state index contributed by atoms with van der Waals surface area (Å²) in [6.07, 6.45) is 6.45. The number of nitrogens with one attached hydrogen (secondary N) is 2. The molecule has 26 heavy (non-hydrogen) atoms. The standard InChI is InChI=1S/C19H23N5O2/c1-13-10-14-11-16(5-6-18(14)26-13)21-19(25)17-12-24(23-22-17)9-7-15-4-2-3-8-20-15/h5-6,10-12,15,20H,2-4,7-9H2,1H3,(H,21,25). The van der Waals surface area contributed by atoms with Crippen LogP contribution in [0.2, 0.25) is 0 Å². The maximum absolute atomic E-state index is 12.4. The topological polar surface area (TPSA) is 85.0 Å². The van der Waals surface area contributed by atoms with Crippen molar-refractivity contribution in [1.82, 2.24) is 20.3 Å². The molecule has 7 nitrogen and oxygen atoms in total. The molecule has 136 valence electrons.